The molecule has 0 aromatic rings. The molecule has 1 saturated heterocycles. The molecule has 1 aliphatic heterocycles. The fourth-order valence-electron chi connectivity index (χ4n) is 2.31. The lowest BCUT2D eigenvalue weighted by Gasteiger charge is -2.27. The fourth-order valence-corrected chi connectivity index (χ4v) is 2.31. The van der Waals surface area contributed by atoms with Crippen molar-refractivity contribution in [2.24, 2.45) is 0 Å². The summed E-state index contributed by atoms with van der Waals surface area (Å²) < 4.78 is 5.06. The smallest absolute Gasteiger partial charge is 0.0995 e. The first-order chi connectivity index (χ1) is 6.86. The van der Waals surface area contributed by atoms with Crippen molar-refractivity contribution < 1.29 is 15.0 Å². The van der Waals surface area contributed by atoms with Crippen LogP contribution in [0.15, 0.2) is 0 Å². The first-order valence-electron chi connectivity index (χ1n) is 6.02. The number of methoxy groups -OCH3 is 1. The van der Waals surface area contributed by atoms with Crippen molar-refractivity contribution in [2.45, 2.75) is 32.2 Å². The number of piperidine rings is 1. The van der Waals surface area contributed by atoms with Gasteiger partial charge in [-0.05, 0) is 6.42 Å². The Morgan fingerprint density at radius 3 is 2.64 bits per heavy atom. The van der Waals surface area contributed by atoms with E-state index in [0.717, 1.165) is 19.2 Å². The number of nitrogens with one attached hydrogen (secondary N) is 1. The van der Waals surface area contributed by atoms with E-state index in [0.29, 0.717) is 0 Å². The van der Waals surface area contributed by atoms with E-state index in [4.69, 9.17) is 4.74 Å². The van der Waals surface area contributed by atoms with Crippen LogP contribution in [-0.4, -0.2) is 45.9 Å². The molecule has 0 bridgehead atoms. The summed E-state index contributed by atoms with van der Waals surface area (Å²) in [4.78, 5) is 1.81. The molecule has 3 nitrogen and oxygen atoms in total. The highest BCUT2D eigenvalue weighted by molar-refractivity contribution is 4.57. The van der Waals surface area contributed by atoms with Gasteiger partial charge in [0, 0.05) is 20.0 Å². The molecule has 0 saturated carbocycles. The summed E-state index contributed by atoms with van der Waals surface area (Å²) >= 11 is 0. The van der Waals surface area contributed by atoms with Gasteiger partial charge >= 0.3 is 0 Å². The maximum Gasteiger partial charge on any atom is 0.0995 e. The minimum absolute atomic E-state index is 0.866. The molecule has 0 spiro atoms. The molecule has 3 heteroatoms. The molecule has 0 aromatic heterocycles. The van der Waals surface area contributed by atoms with Crippen LogP contribution in [0.2, 0.25) is 0 Å². The number of quaternary nitrogens is 2. The lowest BCUT2D eigenvalue weighted by Crippen LogP contribution is -3.14. The highest BCUT2D eigenvalue weighted by atomic mass is 16.5. The Morgan fingerprint density at radius 1 is 1.36 bits per heavy atom. The molecular formula is C11H26N2O+2. The molecule has 0 radical (unpaired) electrons. The van der Waals surface area contributed by atoms with Crippen LogP contribution in [0.25, 0.3) is 0 Å². The van der Waals surface area contributed by atoms with Crippen LogP contribution in [0.5, 0.6) is 0 Å². The van der Waals surface area contributed by atoms with Crippen LogP contribution in [0.3, 0.4) is 0 Å². The highest BCUT2D eigenvalue weighted by Crippen LogP contribution is 1.93. The summed E-state index contributed by atoms with van der Waals surface area (Å²) in [7, 11) is 1.78. The average molecular weight is 202 g/mol. The molecular weight excluding hydrogens is 176 g/mol. The topological polar surface area (TPSA) is 30.3 Å². The van der Waals surface area contributed by atoms with Crippen LogP contribution in [-0.2, 0) is 4.74 Å². The van der Waals surface area contributed by atoms with E-state index in [-0.39, 0.29) is 0 Å². The lowest BCUT2D eigenvalue weighted by molar-refractivity contribution is -0.913. The Morgan fingerprint density at radius 2 is 2.07 bits per heavy atom. The van der Waals surface area contributed by atoms with Gasteiger partial charge in [0.05, 0.1) is 38.8 Å². The van der Waals surface area contributed by atoms with E-state index in [1.807, 2.05) is 4.90 Å². The zero-order chi connectivity index (χ0) is 10.2. The SMILES string of the molecule is CCC[NH+]1CCC([NH2+]CCOC)CC1. The maximum absolute atomic E-state index is 5.06. The second-order valence-corrected chi connectivity index (χ2v) is 4.35. The van der Waals surface area contributed by atoms with Gasteiger partial charge in [0.25, 0.3) is 0 Å². The summed E-state index contributed by atoms with van der Waals surface area (Å²) in [5.41, 5.74) is 0. The molecule has 0 aromatic carbocycles. The van der Waals surface area contributed by atoms with Gasteiger partial charge in [-0.2, -0.15) is 0 Å². The zero-order valence-electron chi connectivity index (χ0n) is 9.72. The molecule has 0 atom stereocenters. The van der Waals surface area contributed by atoms with Crippen molar-refractivity contribution in [3.8, 4) is 0 Å². The molecule has 1 rings (SSSR count). The zero-order valence-corrected chi connectivity index (χ0v) is 9.72. The van der Waals surface area contributed by atoms with Gasteiger partial charge in [0.2, 0.25) is 0 Å². The lowest BCUT2D eigenvalue weighted by atomic mass is 10.1. The van der Waals surface area contributed by atoms with E-state index in [1.54, 1.807) is 7.11 Å². The summed E-state index contributed by atoms with van der Waals surface area (Å²) in [5.74, 6) is 0. The summed E-state index contributed by atoms with van der Waals surface area (Å²) in [6, 6.07) is 0.866. The quantitative estimate of drug-likeness (QED) is 0.513. The van der Waals surface area contributed by atoms with Gasteiger partial charge in [-0.25, -0.2) is 0 Å². The Bertz CT molecular complexity index is 133. The van der Waals surface area contributed by atoms with Gasteiger partial charge in [-0.1, -0.05) is 6.92 Å². The van der Waals surface area contributed by atoms with Crippen LogP contribution < -0.4 is 10.2 Å². The Labute approximate surface area is 87.8 Å². The van der Waals surface area contributed by atoms with E-state index >= 15 is 0 Å². The van der Waals surface area contributed by atoms with Crippen LogP contribution >= 0.6 is 0 Å². The molecule has 1 fully saturated rings. The molecule has 0 amide bonds. The maximum atomic E-state index is 5.06. The molecule has 1 aliphatic rings. The Hall–Kier alpha value is -0.120. The second kappa shape index (κ2) is 7.21. The van der Waals surface area contributed by atoms with E-state index in [1.165, 1.54) is 38.9 Å². The minimum atomic E-state index is 0.866. The summed E-state index contributed by atoms with van der Waals surface area (Å²) in [6.45, 7) is 8.42. The Kier molecular flexibility index (Phi) is 6.15. The van der Waals surface area contributed by atoms with Crippen molar-refractivity contribution in [3.63, 3.8) is 0 Å². The monoisotopic (exact) mass is 202 g/mol. The molecule has 0 aliphatic carbocycles. The standard InChI is InChI=1S/C11H24N2O/c1-3-7-13-8-4-11(5-9-13)12-6-10-14-2/h11-12H,3-10H2,1-2H3/p+2. The molecule has 1 heterocycles. The third-order valence-corrected chi connectivity index (χ3v) is 3.16. The van der Waals surface area contributed by atoms with Crippen molar-refractivity contribution in [3.05, 3.63) is 0 Å². The van der Waals surface area contributed by atoms with E-state index in [2.05, 4.69) is 12.2 Å². The summed E-state index contributed by atoms with van der Waals surface area (Å²) in [6.07, 6.45) is 4.10. The number of likely N-dealkylation sites (tertiary alicyclic amines) is 1. The van der Waals surface area contributed by atoms with Crippen molar-refractivity contribution >= 4 is 0 Å². The van der Waals surface area contributed by atoms with Gasteiger partial charge in [-0.15, -0.1) is 0 Å². The van der Waals surface area contributed by atoms with Gasteiger partial charge < -0.3 is 15.0 Å². The van der Waals surface area contributed by atoms with Crippen LogP contribution in [0, 0.1) is 0 Å². The van der Waals surface area contributed by atoms with Crippen molar-refractivity contribution in [1.82, 2.24) is 0 Å². The normalized spacial score (nSPS) is 27.9. The third kappa shape index (κ3) is 4.40. The van der Waals surface area contributed by atoms with E-state index < -0.39 is 0 Å². The van der Waals surface area contributed by atoms with Crippen LogP contribution in [0.1, 0.15) is 26.2 Å². The number of ether oxygens (including phenoxy) is 1. The highest BCUT2D eigenvalue weighted by Gasteiger charge is 2.22. The number of hydrogen-bond donors (Lipinski definition) is 2. The van der Waals surface area contributed by atoms with Gasteiger partial charge in [-0.3, -0.25) is 0 Å². The summed E-state index contributed by atoms with van der Waals surface area (Å²) in [5, 5.41) is 2.46. The number of rotatable bonds is 6. The molecule has 0 unspecified atom stereocenters. The predicted octanol–water partition coefficient (Wildman–Crippen LogP) is -1.35. The first kappa shape index (κ1) is 12.0. The van der Waals surface area contributed by atoms with Crippen LogP contribution in [0.4, 0.5) is 0 Å². The molecule has 14 heavy (non-hydrogen) atoms. The third-order valence-electron chi connectivity index (χ3n) is 3.16. The van der Waals surface area contributed by atoms with Crippen molar-refractivity contribution in [2.75, 3.05) is 39.9 Å². The molecule has 3 N–H and O–H groups in total. The second-order valence-electron chi connectivity index (χ2n) is 4.35. The van der Waals surface area contributed by atoms with Gasteiger partial charge in [0.1, 0.15) is 0 Å². The van der Waals surface area contributed by atoms with Gasteiger partial charge in [0.15, 0.2) is 0 Å². The van der Waals surface area contributed by atoms with Crippen molar-refractivity contribution in [1.29, 1.82) is 0 Å². The fraction of sp³-hybridized carbons (Fsp3) is 1.00. The number of nitrogens with two attached hydrogens (primary N) is 1. The number of hydrogen-bond acceptors (Lipinski definition) is 1. The van der Waals surface area contributed by atoms with E-state index in [9.17, 15) is 0 Å². The minimum Gasteiger partial charge on any atom is -0.379 e. The Balaban J connectivity index is 2.03. The largest absolute Gasteiger partial charge is 0.379 e. The molecule has 84 valence electrons. The average Bonchev–Trinajstić information content (AvgIpc) is 2.21. The first-order valence-corrected chi connectivity index (χ1v) is 6.02. The predicted molar refractivity (Wildman–Crippen MR) is 57.5 cm³/mol.